The first kappa shape index (κ1) is 21.3. The van der Waals surface area contributed by atoms with E-state index in [2.05, 4.69) is 0 Å². The third kappa shape index (κ3) is 4.28. The van der Waals surface area contributed by atoms with E-state index in [4.69, 9.17) is 9.47 Å². The first-order valence-corrected chi connectivity index (χ1v) is 10.7. The van der Waals surface area contributed by atoms with Gasteiger partial charge in [0.15, 0.2) is 0 Å². The second kappa shape index (κ2) is 8.96. The molecule has 0 unspecified atom stereocenters. The first-order chi connectivity index (χ1) is 14.4. The van der Waals surface area contributed by atoms with Crippen molar-refractivity contribution < 1.29 is 27.5 Å². The van der Waals surface area contributed by atoms with Gasteiger partial charge in [-0.15, -0.1) is 0 Å². The summed E-state index contributed by atoms with van der Waals surface area (Å²) in [6.45, 7) is 1.14. The number of fused-ring (bicyclic) bond motifs is 1. The van der Waals surface area contributed by atoms with E-state index in [1.165, 1.54) is 31.4 Å². The number of esters is 2. The van der Waals surface area contributed by atoms with Gasteiger partial charge in [-0.25, -0.2) is 13.2 Å². The lowest BCUT2D eigenvalue weighted by Gasteiger charge is -2.25. The Labute approximate surface area is 174 Å². The maximum atomic E-state index is 13.5. The van der Waals surface area contributed by atoms with Crippen molar-refractivity contribution in [1.82, 2.24) is 0 Å². The monoisotopic (exact) mass is 427 g/mol. The van der Waals surface area contributed by atoms with E-state index in [1.807, 2.05) is 18.2 Å². The van der Waals surface area contributed by atoms with Gasteiger partial charge < -0.3 is 9.47 Å². The Kier molecular flexibility index (Phi) is 6.37. The highest BCUT2D eigenvalue weighted by Gasteiger charge is 2.31. The van der Waals surface area contributed by atoms with Crippen molar-refractivity contribution in [3.05, 3.63) is 72.3 Å². The van der Waals surface area contributed by atoms with Crippen molar-refractivity contribution in [1.29, 1.82) is 0 Å². The van der Waals surface area contributed by atoms with Crippen LogP contribution in [0.3, 0.4) is 0 Å². The van der Waals surface area contributed by atoms with Gasteiger partial charge in [-0.05, 0) is 42.0 Å². The minimum atomic E-state index is -4.20. The van der Waals surface area contributed by atoms with Gasteiger partial charge in [0.1, 0.15) is 6.54 Å². The van der Waals surface area contributed by atoms with Crippen molar-refractivity contribution in [2.45, 2.75) is 11.8 Å². The molecule has 0 heterocycles. The topological polar surface area (TPSA) is 90.0 Å². The summed E-state index contributed by atoms with van der Waals surface area (Å²) in [6.07, 6.45) is 0. The van der Waals surface area contributed by atoms with Gasteiger partial charge in [-0.2, -0.15) is 0 Å². The summed E-state index contributed by atoms with van der Waals surface area (Å²) < 4.78 is 37.7. The van der Waals surface area contributed by atoms with Gasteiger partial charge in [-0.3, -0.25) is 9.10 Å². The Morgan fingerprint density at radius 2 is 1.60 bits per heavy atom. The lowest BCUT2D eigenvalue weighted by molar-refractivity contribution is -0.141. The van der Waals surface area contributed by atoms with Gasteiger partial charge in [0.05, 0.1) is 29.9 Å². The quantitative estimate of drug-likeness (QED) is 0.537. The highest BCUT2D eigenvalue weighted by Crippen LogP contribution is 2.29. The zero-order valence-electron chi connectivity index (χ0n) is 16.6. The van der Waals surface area contributed by atoms with Crippen molar-refractivity contribution in [3.63, 3.8) is 0 Å². The van der Waals surface area contributed by atoms with Crippen molar-refractivity contribution in [3.8, 4) is 0 Å². The molecule has 8 heteroatoms. The Morgan fingerprint density at radius 1 is 0.933 bits per heavy atom. The number of carbonyl (C=O) groups excluding carboxylic acids is 2. The number of sulfonamides is 1. The van der Waals surface area contributed by atoms with E-state index in [-0.39, 0.29) is 22.8 Å². The molecule has 0 aromatic heterocycles. The second-order valence-corrected chi connectivity index (χ2v) is 8.20. The zero-order chi connectivity index (χ0) is 21.7. The Bertz CT molecular complexity index is 1190. The summed E-state index contributed by atoms with van der Waals surface area (Å²) in [6, 6.07) is 18.1. The van der Waals surface area contributed by atoms with E-state index >= 15 is 0 Å². The molecule has 30 heavy (non-hydrogen) atoms. The van der Waals surface area contributed by atoms with Gasteiger partial charge in [-0.1, -0.05) is 42.5 Å². The molecule has 0 aliphatic carbocycles. The third-order valence-corrected chi connectivity index (χ3v) is 6.22. The SMILES string of the molecule is CCOC(=O)CN(c1ccccc1C(=O)OC)S(=O)(=O)c1ccc2ccccc2c1. The highest BCUT2D eigenvalue weighted by atomic mass is 32.2. The predicted molar refractivity (Wildman–Crippen MR) is 113 cm³/mol. The molecule has 0 saturated carbocycles. The van der Waals surface area contributed by atoms with Crippen LogP contribution in [0.2, 0.25) is 0 Å². The van der Waals surface area contributed by atoms with Gasteiger partial charge in [0, 0.05) is 0 Å². The molecule has 0 amide bonds. The molecule has 0 fully saturated rings. The predicted octanol–water partition coefficient (Wildman–Crippen LogP) is 3.38. The van der Waals surface area contributed by atoms with E-state index in [0.29, 0.717) is 0 Å². The fraction of sp³-hybridized carbons (Fsp3) is 0.182. The summed E-state index contributed by atoms with van der Waals surface area (Å²) in [7, 11) is -3.00. The Morgan fingerprint density at radius 3 is 2.30 bits per heavy atom. The van der Waals surface area contributed by atoms with E-state index in [1.54, 1.807) is 31.2 Å². The molecular weight excluding hydrogens is 406 g/mol. The van der Waals surface area contributed by atoms with Crippen LogP contribution in [0.5, 0.6) is 0 Å². The molecule has 0 spiro atoms. The molecule has 0 radical (unpaired) electrons. The number of nitrogens with zero attached hydrogens (tertiary/aromatic N) is 1. The summed E-state index contributed by atoms with van der Waals surface area (Å²) in [5, 5.41) is 1.61. The number of ether oxygens (including phenoxy) is 2. The average Bonchev–Trinajstić information content (AvgIpc) is 2.76. The molecule has 156 valence electrons. The van der Waals surface area contributed by atoms with Crippen molar-refractivity contribution >= 4 is 38.4 Å². The lowest BCUT2D eigenvalue weighted by Crippen LogP contribution is -2.37. The maximum Gasteiger partial charge on any atom is 0.340 e. The lowest BCUT2D eigenvalue weighted by atomic mass is 10.1. The smallest absolute Gasteiger partial charge is 0.340 e. The number of rotatable bonds is 7. The summed E-state index contributed by atoms with van der Waals surface area (Å²) in [5.41, 5.74) is 0.0548. The van der Waals surface area contributed by atoms with Crippen molar-refractivity contribution in [2.24, 2.45) is 0 Å². The highest BCUT2D eigenvalue weighted by molar-refractivity contribution is 7.92. The fourth-order valence-corrected chi connectivity index (χ4v) is 4.52. The van der Waals surface area contributed by atoms with Crippen LogP contribution in [0, 0.1) is 0 Å². The maximum absolute atomic E-state index is 13.5. The second-order valence-electron chi connectivity index (χ2n) is 6.33. The van der Waals surface area contributed by atoms with Gasteiger partial charge >= 0.3 is 11.9 Å². The van der Waals surface area contributed by atoms with Crippen LogP contribution in [0.15, 0.2) is 71.6 Å². The molecule has 7 nitrogen and oxygen atoms in total. The molecule has 0 aliphatic rings. The normalized spacial score (nSPS) is 11.1. The molecule has 0 bridgehead atoms. The number of methoxy groups -OCH3 is 1. The number of carbonyl (C=O) groups is 2. The molecule has 0 N–H and O–H groups in total. The van der Waals surface area contributed by atoms with Crippen LogP contribution in [0.4, 0.5) is 5.69 Å². The summed E-state index contributed by atoms with van der Waals surface area (Å²) in [5.74, 6) is -1.45. The van der Waals surface area contributed by atoms with Crippen LogP contribution < -0.4 is 4.31 Å². The van der Waals surface area contributed by atoms with Crippen LogP contribution in [0.1, 0.15) is 17.3 Å². The Hall–Kier alpha value is -3.39. The van der Waals surface area contributed by atoms with Crippen LogP contribution in [0.25, 0.3) is 10.8 Å². The summed E-state index contributed by atoms with van der Waals surface area (Å²) >= 11 is 0. The van der Waals surface area contributed by atoms with Crippen LogP contribution in [-0.2, 0) is 24.3 Å². The number of para-hydroxylation sites is 1. The third-order valence-electron chi connectivity index (χ3n) is 4.47. The molecule has 0 aliphatic heterocycles. The standard InChI is InChI=1S/C22H21NO6S/c1-3-29-21(24)15-23(20-11-7-6-10-19(20)22(25)28-2)30(26,27)18-13-12-16-8-4-5-9-17(16)14-18/h4-14H,3,15H2,1-2H3. The number of benzene rings is 3. The fourth-order valence-electron chi connectivity index (χ4n) is 3.05. The minimum absolute atomic E-state index is 0.00910. The van der Waals surface area contributed by atoms with E-state index < -0.39 is 28.5 Å². The Balaban J connectivity index is 2.16. The van der Waals surface area contributed by atoms with E-state index in [9.17, 15) is 18.0 Å². The van der Waals surface area contributed by atoms with Gasteiger partial charge in [0.2, 0.25) is 0 Å². The molecular formula is C22H21NO6S. The largest absolute Gasteiger partial charge is 0.465 e. The first-order valence-electron chi connectivity index (χ1n) is 9.23. The van der Waals surface area contributed by atoms with Crippen molar-refractivity contribution in [2.75, 3.05) is 24.6 Å². The van der Waals surface area contributed by atoms with Crippen LogP contribution >= 0.6 is 0 Å². The molecule has 3 aromatic rings. The molecule has 3 aromatic carbocycles. The molecule has 3 rings (SSSR count). The molecule has 0 saturated heterocycles. The average molecular weight is 427 g/mol. The molecule has 0 atom stereocenters. The number of anilines is 1. The number of hydrogen-bond donors (Lipinski definition) is 0. The van der Waals surface area contributed by atoms with Gasteiger partial charge in [0.25, 0.3) is 10.0 Å². The van der Waals surface area contributed by atoms with E-state index in [0.717, 1.165) is 15.1 Å². The minimum Gasteiger partial charge on any atom is -0.465 e. The zero-order valence-corrected chi connectivity index (χ0v) is 17.4. The summed E-state index contributed by atoms with van der Waals surface area (Å²) in [4.78, 5) is 24.4. The number of hydrogen-bond acceptors (Lipinski definition) is 6. The van der Waals surface area contributed by atoms with Crippen LogP contribution in [-0.4, -0.2) is 40.6 Å².